The zero-order chi connectivity index (χ0) is 20.1. The van der Waals surface area contributed by atoms with Gasteiger partial charge in [0.05, 0.1) is 19.9 Å². The van der Waals surface area contributed by atoms with Gasteiger partial charge in [0.15, 0.2) is 0 Å². The Morgan fingerprint density at radius 3 is 2.50 bits per heavy atom. The van der Waals surface area contributed by atoms with Gasteiger partial charge in [-0.2, -0.15) is 0 Å². The number of nitrogens with one attached hydrogen (secondary N) is 2. The first-order chi connectivity index (χ1) is 13.5. The predicted octanol–water partition coefficient (Wildman–Crippen LogP) is 4.71. The Kier molecular flexibility index (Phi) is 5.79. The Morgan fingerprint density at radius 2 is 1.75 bits per heavy atom. The molecule has 0 aliphatic carbocycles. The quantitative estimate of drug-likeness (QED) is 0.651. The number of nitrogens with zero attached hydrogens (tertiary/aromatic N) is 1. The molecule has 0 spiro atoms. The fraction of sp³-hybridized carbons (Fsp3) is 0.182. The average molecular weight is 377 g/mol. The fourth-order valence-corrected chi connectivity index (χ4v) is 2.76. The van der Waals surface area contributed by atoms with E-state index < -0.39 is 0 Å². The third-order valence-electron chi connectivity index (χ3n) is 4.32. The van der Waals surface area contributed by atoms with Gasteiger partial charge >= 0.3 is 0 Å². The molecule has 0 saturated heterocycles. The van der Waals surface area contributed by atoms with Crippen LogP contribution in [0.3, 0.4) is 0 Å². The van der Waals surface area contributed by atoms with E-state index in [1.807, 2.05) is 19.9 Å². The summed E-state index contributed by atoms with van der Waals surface area (Å²) in [5.41, 5.74) is 4.86. The van der Waals surface area contributed by atoms with Crippen LogP contribution in [0.1, 0.15) is 21.6 Å². The average Bonchev–Trinajstić information content (AvgIpc) is 2.71. The van der Waals surface area contributed by atoms with E-state index in [-0.39, 0.29) is 5.91 Å². The van der Waals surface area contributed by atoms with Gasteiger partial charge in [-0.1, -0.05) is 12.1 Å². The van der Waals surface area contributed by atoms with Crippen LogP contribution < -0.4 is 20.1 Å². The van der Waals surface area contributed by atoms with E-state index in [9.17, 15) is 4.79 Å². The molecule has 3 aromatic rings. The molecule has 28 heavy (non-hydrogen) atoms. The largest absolute Gasteiger partial charge is 0.497 e. The topological polar surface area (TPSA) is 72.5 Å². The summed E-state index contributed by atoms with van der Waals surface area (Å²) in [6.07, 6.45) is 1.60. The zero-order valence-electron chi connectivity index (χ0n) is 16.4. The number of carbonyl (C=O) groups excluding carboxylic acids is 1. The number of aromatic nitrogens is 1. The first-order valence-corrected chi connectivity index (χ1v) is 8.84. The molecular weight excluding hydrogens is 354 g/mol. The maximum atomic E-state index is 12.7. The predicted molar refractivity (Wildman–Crippen MR) is 111 cm³/mol. The third-order valence-corrected chi connectivity index (χ3v) is 4.32. The zero-order valence-corrected chi connectivity index (χ0v) is 16.4. The first-order valence-electron chi connectivity index (χ1n) is 8.84. The lowest BCUT2D eigenvalue weighted by molar-refractivity contribution is 0.102. The van der Waals surface area contributed by atoms with Crippen molar-refractivity contribution in [2.45, 2.75) is 13.8 Å². The van der Waals surface area contributed by atoms with Crippen molar-refractivity contribution in [3.05, 3.63) is 71.5 Å². The smallest absolute Gasteiger partial charge is 0.274 e. The molecule has 0 atom stereocenters. The maximum absolute atomic E-state index is 12.7. The molecule has 0 fully saturated rings. The maximum Gasteiger partial charge on any atom is 0.274 e. The Morgan fingerprint density at radius 1 is 0.929 bits per heavy atom. The number of anilines is 3. The summed E-state index contributed by atoms with van der Waals surface area (Å²) in [6, 6.07) is 14.9. The molecule has 0 bridgehead atoms. The lowest BCUT2D eigenvalue weighted by Crippen LogP contribution is -2.14. The number of amides is 1. The second-order valence-corrected chi connectivity index (χ2v) is 6.39. The molecule has 144 valence electrons. The van der Waals surface area contributed by atoms with Gasteiger partial charge in [-0.25, -0.2) is 0 Å². The Labute approximate surface area is 164 Å². The Hall–Kier alpha value is -3.54. The molecule has 6 nitrogen and oxygen atoms in total. The lowest BCUT2D eigenvalue weighted by atomic mass is 10.1. The Bertz CT molecular complexity index is 1000. The van der Waals surface area contributed by atoms with Gasteiger partial charge < -0.3 is 20.1 Å². The molecule has 2 N–H and O–H groups in total. The molecule has 0 aliphatic heterocycles. The van der Waals surface area contributed by atoms with Crippen molar-refractivity contribution in [3.8, 4) is 11.5 Å². The van der Waals surface area contributed by atoms with E-state index in [1.165, 1.54) is 0 Å². The highest BCUT2D eigenvalue weighted by Crippen LogP contribution is 2.29. The van der Waals surface area contributed by atoms with E-state index in [0.29, 0.717) is 22.9 Å². The van der Waals surface area contributed by atoms with Crippen LogP contribution >= 0.6 is 0 Å². The van der Waals surface area contributed by atoms with E-state index in [1.54, 1.807) is 44.7 Å². The summed E-state index contributed by atoms with van der Waals surface area (Å²) in [5.74, 6) is 0.824. The van der Waals surface area contributed by atoms with Crippen molar-refractivity contribution in [2.75, 3.05) is 24.9 Å². The number of rotatable bonds is 6. The van der Waals surface area contributed by atoms with Crippen molar-refractivity contribution in [1.29, 1.82) is 0 Å². The van der Waals surface area contributed by atoms with Crippen molar-refractivity contribution in [3.63, 3.8) is 0 Å². The van der Waals surface area contributed by atoms with Crippen molar-refractivity contribution in [1.82, 2.24) is 4.98 Å². The molecule has 0 aliphatic rings. The summed E-state index contributed by atoms with van der Waals surface area (Å²) >= 11 is 0. The van der Waals surface area contributed by atoms with E-state index in [2.05, 4.69) is 33.8 Å². The highest BCUT2D eigenvalue weighted by Gasteiger charge is 2.13. The van der Waals surface area contributed by atoms with Crippen LogP contribution in [0, 0.1) is 13.8 Å². The van der Waals surface area contributed by atoms with Crippen LogP contribution in [-0.2, 0) is 0 Å². The monoisotopic (exact) mass is 377 g/mol. The van der Waals surface area contributed by atoms with Gasteiger partial charge in [-0.05, 0) is 55.3 Å². The normalized spacial score (nSPS) is 10.3. The van der Waals surface area contributed by atoms with Crippen LogP contribution in [0.25, 0.3) is 0 Å². The highest BCUT2D eigenvalue weighted by atomic mass is 16.5. The number of methoxy groups -OCH3 is 2. The molecule has 0 unspecified atom stereocenters. The minimum absolute atomic E-state index is 0.292. The number of ether oxygens (including phenoxy) is 2. The summed E-state index contributed by atoms with van der Waals surface area (Å²) in [5, 5.41) is 6.18. The summed E-state index contributed by atoms with van der Waals surface area (Å²) in [6.45, 7) is 4.07. The Balaban J connectivity index is 1.82. The van der Waals surface area contributed by atoms with Crippen molar-refractivity contribution >= 4 is 23.0 Å². The van der Waals surface area contributed by atoms with Gasteiger partial charge in [-0.15, -0.1) is 0 Å². The number of benzene rings is 2. The van der Waals surface area contributed by atoms with Crippen molar-refractivity contribution < 1.29 is 14.3 Å². The van der Waals surface area contributed by atoms with E-state index >= 15 is 0 Å². The van der Waals surface area contributed by atoms with Crippen LogP contribution in [0.15, 0.2) is 54.7 Å². The van der Waals surface area contributed by atoms with Gasteiger partial charge in [0.1, 0.15) is 17.2 Å². The van der Waals surface area contributed by atoms with Crippen LogP contribution in [0.5, 0.6) is 11.5 Å². The highest BCUT2D eigenvalue weighted by molar-refractivity contribution is 6.04. The summed E-state index contributed by atoms with van der Waals surface area (Å²) in [7, 11) is 3.11. The number of hydrogen-bond acceptors (Lipinski definition) is 5. The van der Waals surface area contributed by atoms with Gasteiger partial charge in [0.2, 0.25) is 0 Å². The van der Waals surface area contributed by atoms with Gasteiger partial charge in [-0.3, -0.25) is 9.78 Å². The van der Waals surface area contributed by atoms with Crippen LogP contribution in [0.4, 0.5) is 17.1 Å². The molecule has 1 aromatic heterocycles. The molecule has 0 saturated carbocycles. The van der Waals surface area contributed by atoms with Gasteiger partial charge in [0, 0.05) is 23.6 Å². The molecule has 2 aromatic carbocycles. The lowest BCUT2D eigenvalue weighted by Gasteiger charge is -2.13. The van der Waals surface area contributed by atoms with E-state index in [0.717, 1.165) is 22.5 Å². The fourth-order valence-electron chi connectivity index (χ4n) is 2.76. The molecular formula is C22H23N3O3. The molecule has 1 amide bonds. The molecule has 1 heterocycles. The number of pyridine rings is 1. The SMILES string of the molecule is COc1ccc(OC)c(NC(=O)c2cc(Nc3cc(C)ccc3C)ccn2)c1. The second kappa shape index (κ2) is 8.43. The summed E-state index contributed by atoms with van der Waals surface area (Å²) in [4.78, 5) is 16.9. The molecule has 6 heteroatoms. The van der Waals surface area contributed by atoms with E-state index in [4.69, 9.17) is 9.47 Å². The first kappa shape index (κ1) is 19.2. The minimum atomic E-state index is -0.337. The standard InChI is InChI=1S/C22H23N3O3/c1-14-5-6-15(2)18(11-14)24-16-9-10-23-20(12-16)22(26)25-19-13-17(27-3)7-8-21(19)28-4/h5-13H,1-4H3,(H,23,24)(H,25,26). The number of aryl methyl sites for hydroxylation is 2. The van der Waals surface area contributed by atoms with Gasteiger partial charge in [0.25, 0.3) is 5.91 Å². The van der Waals surface area contributed by atoms with Crippen LogP contribution in [-0.4, -0.2) is 25.1 Å². The summed E-state index contributed by atoms with van der Waals surface area (Å²) < 4.78 is 10.5. The second-order valence-electron chi connectivity index (χ2n) is 6.39. The molecule has 3 rings (SSSR count). The third kappa shape index (κ3) is 4.40. The minimum Gasteiger partial charge on any atom is -0.497 e. The molecule has 0 radical (unpaired) electrons. The number of hydrogen-bond donors (Lipinski definition) is 2. The van der Waals surface area contributed by atoms with Crippen molar-refractivity contribution in [2.24, 2.45) is 0 Å². The number of carbonyl (C=O) groups is 1. The van der Waals surface area contributed by atoms with Crippen LogP contribution in [0.2, 0.25) is 0 Å².